The molecule has 1 aromatic carbocycles. The third-order valence-electron chi connectivity index (χ3n) is 2.38. The fourth-order valence-corrected chi connectivity index (χ4v) is 2.23. The van der Waals surface area contributed by atoms with Gasteiger partial charge in [0.05, 0.1) is 10.2 Å². The van der Waals surface area contributed by atoms with Gasteiger partial charge in [0.15, 0.2) is 4.77 Å². The molecule has 0 radical (unpaired) electrons. The van der Waals surface area contributed by atoms with E-state index in [0.717, 1.165) is 24.4 Å². The first-order chi connectivity index (χ1) is 8.13. The summed E-state index contributed by atoms with van der Waals surface area (Å²) in [5.41, 5.74) is 0.806. The molecule has 2 aromatic rings. The molecule has 1 N–H and O–H groups in total. The molecule has 0 fully saturated rings. The summed E-state index contributed by atoms with van der Waals surface area (Å²) in [6, 6.07) is 4.79. The predicted octanol–water partition coefficient (Wildman–Crippen LogP) is 3.78. The van der Waals surface area contributed by atoms with Gasteiger partial charge in [-0.25, -0.2) is 4.39 Å². The molecule has 0 bridgehead atoms. The number of rotatable bonds is 3. The average Bonchev–Trinajstić information content (AvgIpc) is 2.65. The van der Waals surface area contributed by atoms with Gasteiger partial charge in [0, 0.05) is 6.42 Å². The molecule has 0 atom stereocenters. The van der Waals surface area contributed by atoms with Crippen LogP contribution in [0.25, 0.3) is 5.69 Å². The monoisotopic (exact) mass is 315 g/mol. The zero-order valence-corrected chi connectivity index (χ0v) is 11.6. The largest absolute Gasteiger partial charge is 0.272 e. The van der Waals surface area contributed by atoms with E-state index in [1.165, 1.54) is 6.07 Å². The Balaban J connectivity index is 2.55. The SMILES string of the molecule is CCCc1n[nH]c(=S)n1-c1ccc(F)c(Br)c1. The van der Waals surface area contributed by atoms with E-state index in [-0.39, 0.29) is 5.82 Å². The van der Waals surface area contributed by atoms with Gasteiger partial charge in [-0.3, -0.25) is 9.67 Å². The van der Waals surface area contributed by atoms with Gasteiger partial charge in [-0.2, -0.15) is 5.10 Å². The van der Waals surface area contributed by atoms with E-state index in [9.17, 15) is 4.39 Å². The molecule has 1 heterocycles. The summed E-state index contributed by atoms with van der Waals surface area (Å²) in [7, 11) is 0. The van der Waals surface area contributed by atoms with Gasteiger partial charge in [0.1, 0.15) is 11.6 Å². The minimum absolute atomic E-state index is 0.291. The standard InChI is InChI=1S/C11H11BrFN3S/c1-2-3-10-14-15-11(17)16(10)7-4-5-9(13)8(12)6-7/h4-6H,2-3H2,1H3,(H,15,17). The highest BCUT2D eigenvalue weighted by atomic mass is 79.9. The first-order valence-corrected chi connectivity index (χ1v) is 6.45. The Morgan fingerprint density at radius 3 is 2.94 bits per heavy atom. The summed E-state index contributed by atoms with van der Waals surface area (Å²) >= 11 is 8.35. The molecule has 90 valence electrons. The maximum Gasteiger partial charge on any atom is 0.199 e. The zero-order valence-electron chi connectivity index (χ0n) is 9.20. The molecule has 0 amide bonds. The highest BCUT2D eigenvalue weighted by Crippen LogP contribution is 2.20. The van der Waals surface area contributed by atoms with Crippen LogP contribution in [0.5, 0.6) is 0 Å². The first kappa shape index (κ1) is 12.4. The van der Waals surface area contributed by atoms with E-state index >= 15 is 0 Å². The van der Waals surface area contributed by atoms with E-state index in [0.29, 0.717) is 9.24 Å². The van der Waals surface area contributed by atoms with Gasteiger partial charge >= 0.3 is 0 Å². The molecule has 0 aliphatic heterocycles. The molecule has 1 aromatic heterocycles. The van der Waals surface area contributed by atoms with Crippen molar-refractivity contribution in [3.8, 4) is 5.69 Å². The molecule has 0 aliphatic rings. The number of aromatic amines is 1. The van der Waals surface area contributed by atoms with Crippen molar-refractivity contribution in [1.82, 2.24) is 14.8 Å². The van der Waals surface area contributed by atoms with Crippen molar-refractivity contribution < 1.29 is 4.39 Å². The van der Waals surface area contributed by atoms with Crippen LogP contribution in [0, 0.1) is 10.6 Å². The molecule has 0 unspecified atom stereocenters. The molecule has 0 saturated heterocycles. The summed E-state index contributed by atoms with van der Waals surface area (Å²) in [6.45, 7) is 2.07. The van der Waals surface area contributed by atoms with Crippen molar-refractivity contribution in [1.29, 1.82) is 0 Å². The molecule has 0 spiro atoms. The number of hydrogen-bond donors (Lipinski definition) is 1. The van der Waals surface area contributed by atoms with Crippen LogP contribution in [0.4, 0.5) is 4.39 Å². The minimum atomic E-state index is -0.291. The lowest BCUT2D eigenvalue weighted by Crippen LogP contribution is -2.01. The summed E-state index contributed by atoms with van der Waals surface area (Å²) in [6.07, 6.45) is 1.80. The van der Waals surface area contributed by atoms with Crippen molar-refractivity contribution in [3.05, 3.63) is 39.1 Å². The molecular formula is C11H11BrFN3S. The summed E-state index contributed by atoms with van der Waals surface area (Å²) in [5.74, 6) is 0.566. The van der Waals surface area contributed by atoms with Gasteiger partial charge in [-0.15, -0.1) is 0 Å². The first-order valence-electron chi connectivity index (χ1n) is 5.25. The predicted molar refractivity (Wildman–Crippen MR) is 70.4 cm³/mol. The molecule has 3 nitrogen and oxygen atoms in total. The van der Waals surface area contributed by atoms with Crippen LogP contribution < -0.4 is 0 Å². The van der Waals surface area contributed by atoms with Crippen LogP contribution in [0.15, 0.2) is 22.7 Å². The number of benzene rings is 1. The van der Waals surface area contributed by atoms with Gasteiger partial charge in [0.2, 0.25) is 0 Å². The van der Waals surface area contributed by atoms with E-state index in [4.69, 9.17) is 12.2 Å². The second kappa shape index (κ2) is 5.10. The quantitative estimate of drug-likeness (QED) is 0.874. The summed E-state index contributed by atoms with van der Waals surface area (Å²) in [4.78, 5) is 0. The van der Waals surface area contributed by atoms with Crippen molar-refractivity contribution >= 4 is 28.1 Å². The highest BCUT2D eigenvalue weighted by Gasteiger charge is 2.09. The number of aryl methyl sites for hydroxylation is 1. The highest BCUT2D eigenvalue weighted by molar-refractivity contribution is 9.10. The number of halogens is 2. The van der Waals surface area contributed by atoms with E-state index in [2.05, 4.69) is 33.1 Å². The third kappa shape index (κ3) is 2.47. The number of nitrogens with one attached hydrogen (secondary N) is 1. The second-order valence-corrected chi connectivity index (χ2v) is 4.87. The van der Waals surface area contributed by atoms with Gasteiger partial charge in [-0.05, 0) is 52.8 Å². The number of hydrogen-bond acceptors (Lipinski definition) is 2. The van der Waals surface area contributed by atoms with Crippen LogP contribution >= 0.6 is 28.1 Å². The average molecular weight is 316 g/mol. The zero-order chi connectivity index (χ0) is 12.4. The van der Waals surface area contributed by atoms with E-state index in [1.807, 2.05) is 4.57 Å². The number of nitrogens with zero attached hydrogens (tertiary/aromatic N) is 2. The Kier molecular flexibility index (Phi) is 3.73. The second-order valence-electron chi connectivity index (χ2n) is 3.63. The maximum absolute atomic E-state index is 13.2. The third-order valence-corrected chi connectivity index (χ3v) is 3.26. The molecular weight excluding hydrogens is 305 g/mol. The fourth-order valence-electron chi connectivity index (χ4n) is 1.61. The minimum Gasteiger partial charge on any atom is -0.272 e. The normalized spacial score (nSPS) is 10.8. The van der Waals surface area contributed by atoms with Crippen LogP contribution in [-0.4, -0.2) is 14.8 Å². The molecule has 0 saturated carbocycles. The molecule has 17 heavy (non-hydrogen) atoms. The van der Waals surface area contributed by atoms with Crippen LogP contribution in [0.2, 0.25) is 0 Å². The van der Waals surface area contributed by atoms with Crippen molar-refractivity contribution in [3.63, 3.8) is 0 Å². The van der Waals surface area contributed by atoms with Crippen molar-refractivity contribution in [2.24, 2.45) is 0 Å². The Hall–Kier alpha value is -1.01. The van der Waals surface area contributed by atoms with Crippen LogP contribution in [0.3, 0.4) is 0 Å². The number of aromatic nitrogens is 3. The summed E-state index contributed by atoms with van der Waals surface area (Å²) < 4.78 is 15.9. The number of H-pyrrole nitrogens is 1. The Bertz CT molecular complexity index is 591. The fraction of sp³-hybridized carbons (Fsp3) is 0.273. The topological polar surface area (TPSA) is 33.6 Å². The van der Waals surface area contributed by atoms with Crippen molar-refractivity contribution in [2.45, 2.75) is 19.8 Å². The summed E-state index contributed by atoms with van der Waals surface area (Å²) in [5, 5.41) is 6.93. The van der Waals surface area contributed by atoms with Gasteiger partial charge in [-0.1, -0.05) is 6.92 Å². The molecule has 2 rings (SSSR count). The van der Waals surface area contributed by atoms with Crippen LogP contribution in [-0.2, 0) is 6.42 Å². The Morgan fingerprint density at radius 1 is 1.53 bits per heavy atom. The van der Waals surface area contributed by atoms with Gasteiger partial charge in [0.25, 0.3) is 0 Å². The van der Waals surface area contributed by atoms with E-state index < -0.39 is 0 Å². The lowest BCUT2D eigenvalue weighted by Gasteiger charge is -2.06. The van der Waals surface area contributed by atoms with Crippen molar-refractivity contribution in [2.75, 3.05) is 0 Å². The Labute approximate surface area is 112 Å². The van der Waals surface area contributed by atoms with E-state index in [1.54, 1.807) is 12.1 Å². The smallest absolute Gasteiger partial charge is 0.199 e. The lowest BCUT2D eigenvalue weighted by molar-refractivity contribution is 0.620. The van der Waals surface area contributed by atoms with Gasteiger partial charge < -0.3 is 0 Å². The lowest BCUT2D eigenvalue weighted by atomic mass is 10.3. The molecule has 6 heteroatoms. The Morgan fingerprint density at radius 2 is 2.29 bits per heavy atom. The maximum atomic E-state index is 13.2. The van der Waals surface area contributed by atoms with Crippen LogP contribution in [0.1, 0.15) is 19.2 Å². The molecule has 0 aliphatic carbocycles.